The van der Waals surface area contributed by atoms with Crippen LogP contribution in [-0.4, -0.2) is 19.5 Å². The molecule has 2 nitrogen and oxygen atoms in total. The third-order valence-electron chi connectivity index (χ3n) is 2.43. The lowest BCUT2D eigenvalue weighted by Gasteiger charge is -2.21. The third-order valence-corrected chi connectivity index (χ3v) is 2.43. The summed E-state index contributed by atoms with van der Waals surface area (Å²) in [6.07, 6.45) is 7.53. The molecule has 1 heterocycles. The van der Waals surface area contributed by atoms with Crippen LogP contribution in [0.4, 0.5) is 0 Å². The van der Waals surface area contributed by atoms with E-state index in [4.69, 9.17) is 9.47 Å². The molecule has 1 rings (SSSR count). The second kappa shape index (κ2) is 8.38. The average molecular weight is 222 g/mol. The smallest absolute Gasteiger partial charge is 0.158 e. The van der Waals surface area contributed by atoms with Gasteiger partial charge in [0.2, 0.25) is 0 Å². The molecule has 0 radical (unpaired) electrons. The van der Waals surface area contributed by atoms with Crippen molar-refractivity contribution in [3.63, 3.8) is 0 Å². The summed E-state index contributed by atoms with van der Waals surface area (Å²) in [6.45, 7) is 5.55. The van der Waals surface area contributed by atoms with Gasteiger partial charge in [0.15, 0.2) is 6.29 Å². The molecule has 0 N–H and O–H groups in total. The normalized spacial score (nSPS) is 19.8. The van der Waals surface area contributed by atoms with Crippen LogP contribution >= 0.6 is 0 Å². The maximum absolute atomic E-state index is 5.50. The van der Waals surface area contributed by atoms with Crippen molar-refractivity contribution in [2.75, 3.05) is 13.2 Å². The van der Waals surface area contributed by atoms with Crippen molar-refractivity contribution in [2.24, 2.45) is 0 Å². The van der Waals surface area contributed by atoms with E-state index in [1.54, 1.807) is 0 Å². The summed E-state index contributed by atoms with van der Waals surface area (Å²) in [4.78, 5) is 0. The Bertz CT molecular complexity index is 260. The Balaban J connectivity index is 2.01. The largest absolute Gasteiger partial charge is 0.353 e. The molecule has 0 bridgehead atoms. The highest BCUT2D eigenvalue weighted by Gasteiger charge is 2.12. The first-order valence-corrected chi connectivity index (χ1v) is 6.11. The van der Waals surface area contributed by atoms with Gasteiger partial charge in [-0.1, -0.05) is 17.6 Å². The van der Waals surface area contributed by atoms with Crippen LogP contribution in [0.15, 0.2) is 11.6 Å². The number of hydrogen-bond acceptors (Lipinski definition) is 2. The SMILES string of the molecule is CC(C)=CCCC#CCOC1CCCCO1. The van der Waals surface area contributed by atoms with Crippen molar-refractivity contribution in [3.8, 4) is 11.8 Å². The monoisotopic (exact) mass is 222 g/mol. The lowest BCUT2D eigenvalue weighted by atomic mass is 10.2. The topological polar surface area (TPSA) is 18.5 Å². The molecule has 0 aliphatic carbocycles. The summed E-state index contributed by atoms with van der Waals surface area (Å²) in [7, 11) is 0. The summed E-state index contributed by atoms with van der Waals surface area (Å²) < 4.78 is 10.9. The highest BCUT2D eigenvalue weighted by molar-refractivity contribution is 5.02. The maximum Gasteiger partial charge on any atom is 0.158 e. The maximum atomic E-state index is 5.50. The number of allylic oxidation sites excluding steroid dienone is 2. The second-order valence-electron chi connectivity index (χ2n) is 4.28. The van der Waals surface area contributed by atoms with Crippen LogP contribution in [-0.2, 0) is 9.47 Å². The Labute approximate surface area is 99.0 Å². The number of rotatable bonds is 4. The number of ether oxygens (including phenoxy) is 2. The van der Waals surface area contributed by atoms with Gasteiger partial charge >= 0.3 is 0 Å². The second-order valence-corrected chi connectivity index (χ2v) is 4.28. The minimum atomic E-state index is -0.0131. The van der Waals surface area contributed by atoms with Gasteiger partial charge in [0.1, 0.15) is 6.61 Å². The van der Waals surface area contributed by atoms with E-state index in [0.29, 0.717) is 6.61 Å². The van der Waals surface area contributed by atoms with Crippen LogP contribution in [0.3, 0.4) is 0 Å². The molecule has 16 heavy (non-hydrogen) atoms. The van der Waals surface area contributed by atoms with Crippen LogP contribution in [0.1, 0.15) is 46.0 Å². The molecule has 1 aliphatic rings. The molecule has 1 aliphatic heterocycles. The number of hydrogen-bond donors (Lipinski definition) is 0. The molecule has 1 unspecified atom stereocenters. The van der Waals surface area contributed by atoms with E-state index in [1.807, 2.05) is 0 Å². The van der Waals surface area contributed by atoms with Crippen LogP contribution in [0.2, 0.25) is 0 Å². The fourth-order valence-corrected chi connectivity index (χ4v) is 1.55. The minimum Gasteiger partial charge on any atom is -0.353 e. The molecular weight excluding hydrogens is 200 g/mol. The van der Waals surface area contributed by atoms with Gasteiger partial charge in [-0.15, -0.1) is 5.92 Å². The summed E-state index contributed by atoms with van der Waals surface area (Å²) in [5.74, 6) is 6.13. The molecule has 0 spiro atoms. The van der Waals surface area contributed by atoms with Gasteiger partial charge < -0.3 is 9.47 Å². The van der Waals surface area contributed by atoms with Crippen molar-refractivity contribution < 1.29 is 9.47 Å². The van der Waals surface area contributed by atoms with Crippen LogP contribution in [0.5, 0.6) is 0 Å². The van der Waals surface area contributed by atoms with E-state index in [1.165, 1.54) is 12.0 Å². The molecular formula is C14H22O2. The van der Waals surface area contributed by atoms with Gasteiger partial charge in [0, 0.05) is 13.0 Å². The summed E-state index contributed by atoms with van der Waals surface area (Å²) in [5.41, 5.74) is 1.36. The van der Waals surface area contributed by atoms with Gasteiger partial charge in [-0.05, 0) is 39.5 Å². The van der Waals surface area contributed by atoms with Gasteiger partial charge in [-0.2, -0.15) is 0 Å². The van der Waals surface area contributed by atoms with Crippen molar-refractivity contribution in [1.82, 2.24) is 0 Å². The van der Waals surface area contributed by atoms with Crippen molar-refractivity contribution in [1.29, 1.82) is 0 Å². The zero-order valence-corrected chi connectivity index (χ0v) is 10.4. The Kier molecular flexibility index (Phi) is 6.96. The first-order valence-electron chi connectivity index (χ1n) is 6.11. The Morgan fingerprint density at radius 2 is 2.25 bits per heavy atom. The van der Waals surface area contributed by atoms with Crippen molar-refractivity contribution in [2.45, 2.75) is 52.2 Å². The molecule has 0 aromatic rings. The Hall–Kier alpha value is -0.780. The van der Waals surface area contributed by atoms with E-state index in [-0.39, 0.29) is 6.29 Å². The first-order chi connectivity index (χ1) is 7.79. The molecule has 0 aromatic heterocycles. The summed E-state index contributed by atoms with van der Waals surface area (Å²) in [6, 6.07) is 0. The summed E-state index contributed by atoms with van der Waals surface area (Å²) in [5, 5.41) is 0. The molecule has 0 saturated carbocycles. The lowest BCUT2D eigenvalue weighted by Crippen LogP contribution is -2.22. The quantitative estimate of drug-likeness (QED) is 0.413. The fourth-order valence-electron chi connectivity index (χ4n) is 1.55. The van der Waals surface area contributed by atoms with E-state index in [9.17, 15) is 0 Å². The molecule has 90 valence electrons. The van der Waals surface area contributed by atoms with Crippen molar-refractivity contribution >= 4 is 0 Å². The highest BCUT2D eigenvalue weighted by atomic mass is 16.7. The first kappa shape index (κ1) is 13.3. The Morgan fingerprint density at radius 3 is 2.94 bits per heavy atom. The van der Waals surface area contributed by atoms with E-state index >= 15 is 0 Å². The fraction of sp³-hybridized carbons (Fsp3) is 0.714. The molecule has 1 saturated heterocycles. The zero-order chi connectivity index (χ0) is 11.6. The zero-order valence-electron chi connectivity index (χ0n) is 10.4. The van der Waals surface area contributed by atoms with Gasteiger partial charge in [-0.3, -0.25) is 0 Å². The molecule has 0 aromatic carbocycles. The Morgan fingerprint density at radius 1 is 1.38 bits per heavy atom. The van der Waals surface area contributed by atoms with Gasteiger partial charge in [-0.25, -0.2) is 0 Å². The van der Waals surface area contributed by atoms with Gasteiger partial charge in [0.25, 0.3) is 0 Å². The van der Waals surface area contributed by atoms with E-state index in [0.717, 1.165) is 32.3 Å². The van der Waals surface area contributed by atoms with Crippen molar-refractivity contribution in [3.05, 3.63) is 11.6 Å². The lowest BCUT2D eigenvalue weighted by molar-refractivity contribution is -0.154. The van der Waals surface area contributed by atoms with Crippen LogP contribution in [0.25, 0.3) is 0 Å². The highest BCUT2D eigenvalue weighted by Crippen LogP contribution is 2.12. The predicted molar refractivity (Wildman–Crippen MR) is 66.0 cm³/mol. The van der Waals surface area contributed by atoms with Gasteiger partial charge in [0.05, 0.1) is 0 Å². The average Bonchev–Trinajstić information content (AvgIpc) is 2.29. The van der Waals surface area contributed by atoms with E-state index < -0.39 is 0 Å². The standard InChI is InChI=1S/C14H22O2/c1-13(2)9-5-3-4-7-11-15-14-10-6-8-12-16-14/h9,14H,3,5-6,8,10-12H2,1-2H3. The van der Waals surface area contributed by atoms with Crippen LogP contribution < -0.4 is 0 Å². The molecule has 1 atom stereocenters. The predicted octanol–water partition coefficient (Wildman–Crippen LogP) is 3.28. The minimum absolute atomic E-state index is 0.0131. The van der Waals surface area contributed by atoms with Crippen LogP contribution in [0, 0.1) is 11.8 Å². The third kappa shape index (κ3) is 6.66. The molecule has 0 amide bonds. The molecule has 2 heteroatoms. The number of unbranched alkanes of at least 4 members (excludes halogenated alkanes) is 1. The summed E-state index contributed by atoms with van der Waals surface area (Å²) >= 11 is 0. The van der Waals surface area contributed by atoms with E-state index in [2.05, 4.69) is 31.8 Å². The molecule has 1 fully saturated rings.